The lowest BCUT2D eigenvalue weighted by molar-refractivity contribution is 0.391. The monoisotopic (exact) mass is 280 g/mol. The highest BCUT2D eigenvalue weighted by Gasteiger charge is 2.02. The summed E-state index contributed by atoms with van der Waals surface area (Å²) in [6, 6.07) is 8.12. The lowest BCUT2D eigenvalue weighted by atomic mass is 10.2. The summed E-state index contributed by atoms with van der Waals surface area (Å²) >= 11 is 3.52. The Hall–Kier alpha value is -1.29. The van der Waals surface area contributed by atoms with Gasteiger partial charge in [-0.25, -0.2) is 0 Å². The molecule has 84 valence electrons. The second-order valence-corrected chi connectivity index (χ2v) is 4.62. The molecule has 1 aromatic carbocycles. The summed E-state index contributed by atoms with van der Waals surface area (Å²) in [4.78, 5) is 0. The van der Waals surface area contributed by atoms with Gasteiger partial charge < -0.3 is 9.84 Å². The molecule has 1 aromatic heterocycles. The molecule has 4 heteroatoms. The first-order valence-corrected chi connectivity index (χ1v) is 5.86. The lowest BCUT2D eigenvalue weighted by Gasteiger charge is -2.07. The quantitative estimate of drug-likeness (QED) is 0.932. The third-order valence-corrected chi connectivity index (χ3v) is 2.92. The third-order valence-electron chi connectivity index (χ3n) is 2.26. The molecule has 2 aromatic rings. The number of hydrogen-bond acceptors (Lipinski definition) is 3. The number of rotatable bonds is 3. The molecule has 1 heterocycles. The molecule has 0 unspecified atom stereocenters. The van der Waals surface area contributed by atoms with Crippen molar-refractivity contribution in [1.82, 2.24) is 5.16 Å². The van der Waals surface area contributed by atoms with Crippen LogP contribution in [0.15, 0.2) is 33.3 Å². The van der Waals surface area contributed by atoms with Gasteiger partial charge in [-0.2, -0.15) is 0 Å². The second-order valence-electron chi connectivity index (χ2n) is 3.77. The molecule has 0 bridgehead atoms. The zero-order valence-electron chi connectivity index (χ0n) is 9.25. The number of nitrogens with zero attached hydrogens (tertiary/aromatic N) is 1. The maximum atomic E-state index is 5.00. The van der Waals surface area contributed by atoms with Crippen LogP contribution in [0, 0.1) is 13.8 Å². The van der Waals surface area contributed by atoms with Crippen molar-refractivity contribution >= 4 is 21.6 Å². The molecule has 1 N–H and O–H groups in total. The van der Waals surface area contributed by atoms with Gasteiger partial charge in [0.05, 0.1) is 6.54 Å². The third kappa shape index (κ3) is 2.64. The Kier molecular flexibility index (Phi) is 3.29. The van der Waals surface area contributed by atoms with E-state index in [1.165, 1.54) is 5.56 Å². The highest BCUT2D eigenvalue weighted by molar-refractivity contribution is 9.10. The standard InChI is InChI=1S/C12H13BrN2O/c1-8-3-4-12(11(13)5-8)14-7-10-6-9(2)16-15-10/h3-6,14H,7H2,1-2H3. The van der Waals surface area contributed by atoms with Crippen LogP contribution in [-0.2, 0) is 6.54 Å². The van der Waals surface area contributed by atoms with Gasteiger partial charge in [0.1, 0.15) is 11.5 Å². The molecule has 0 aliphatic rings. The molecule has 0 radical (unpaired) electrons. The molecule has 0 saturated carbocycles. The van der Waals surface area contributed by atoms with E-state index >= 15 is 0 Å². The van der Waals surface area contributed by atoms with E-state index in [0.29, 0.717) is 6.54 Å². The van der Waals surface area contributed by atoms with E-state index < -0.39 is 0 Å². The summed E-state index contributed by atoms with van der Waals surface area (Å²) in [5.74, 6) is 0.833. The second kappa shape index (κ2) is 4.70. The van der Waals surface area contributed by atoms with Crippen molar-refractivity contribution < 1.29 is 4.52 Å². The van der Waals surface area contributed by atoms with Gasteiger partial charge in [-0.05, 0) is 47.5 Å². The molecule has 0 spiro atoms. The Morgan fingerprint density at radius 1 is 1.31 bits per heavy atom. The van der Waals surface area contributed by atoms with Crippen LogP contribution in [0.5, 0.6) is 0 Å². The SMILES string of the molecule is Cc1ccc(NCc2cc(C)on2)c(Br)c1. The predicted octanol–water partition coefficient (Wildman–Crippen LogP) is 3.67. The smallest absolute Gasteiger partial charge is 0.133 e. The molecule has 16 heavy (non-hydrogen) atoms. The van der Waals surface area contributed by atoms with E-state index in [2.05, 4.69) is 45.5 Å². The van der Waals surface area contributed by atoms with Crippen LogP contribution in [0.4, 0.5) is 5.69 Å². The van der Waals surface area contributed by atoms with Crippen LogP contribution in [0.2, 0.25) is 0 Å². The Balaban J connectivity index is 2.04. The molecule has 3 nitrogen and oxygen atoms in total. The largest absolute Gasteiger partial charge is 0.378 e. The highest BCUT2D eigenvalue weighted by atomic mass is 79.9. The van der Waals surface area contributed by atoms with Crippen molar-refractivity contribution in [2.45, 2.75) is 20.4 Å². The number of anilines is 1. The Labute approximate surface area is 103 Å². The molecular weight excluding hydrogens is 268 g/mol. The fraction of sp³-hybridized carbons (Fsp3) is 0.250. The minimum Gasteiger partial charge on any atom is -0.378 e. The molecule has 2 rings (SSSR count). The molecule has 0 fully saturated rings. The topological polar surface area (TPSA) is 38.1 Å². The van der Waals surface area contributed by atoms with Crippen molar-refractivity contribution in [2.75, 3.05) is 5.32 Å². The number of aryl methyl sites for hydroxylation is 2. The first kappa shape index (κ1) is 11.2. The van der Waals surface area contributed by atoms with E-state index in [-0.39, 0.29) is 0 Å². The van der Waals surface area contributed by atoms with Crippen LogP contribution >= 0.6 is 15.9 Å². The fourth-order valence-electron chi connectivity index (χ4n) is 1.45. The van der Waals surface area contributed by atoms with Gasteiger partial charge in [-0.3, -0.25) is 0 Å². The maximum Gasteiger partial charge on any atom is 0.133 e. The highest BCUT2D eigenvalue weighted by Crippen LogP contribution is 2.23. The summed E-state index contributed by atoms with van der Waals surface area (Å²) in [5, 5.41) is 7.23. The van der Waals surface area contributed by atoms with Gasteiger partial charge in [-0.1, -0.05) is 11.2 Å². The van der Waals surface area contributed by atoms with E-state index in [1.54, 1.807) is 0 Å². The Morgan fingerprint density at radius 2 is 2.12 bits per heavy atom. The zero-order valence-corrected chi connectivity index (χ0v) is 10.8. The lowest BCUT2D eigenvalue weighted by Crippen LogP contribution is -2.00. The predicted molar refractivity (Wildman–Crippen MR) is 67.4 cm³/mol. The van der Waals surface area contributed by atoms with E-state index in [1.807, 2.05) is 19.1 Å². The van der Waals surface area contributed by atoms with Crippen LogP contribution in [0.1, 0.15) is 17.0 Å². The normalized spacial score (nSPS) is 10.4. The minimum absolute atomic E-state index is 0.666. The average molecular weight is 281 g/mol. The number of benzene rings is 1. The zero-order chi connectivity index (χ0) is 11.5. The average Bonchev–Trinajstić information content (AvgIpc) is 2.63. The number of nitrogens with one attached hydrogen (secondary N) is 1. The van der Waals surface area contributed by atoms with Gasteiger partial charge >= 0.3 is 0 Å². The van der Waals surface area contributed by atoms with E-state index in [0.717, 1.165) is 21.6 Å². The molecule has 0 aliphatic carbocycles. The molecular formula is C12H13BrN2O. The summed E-state index contributed by atoms with van der Waals surface area (Å²) in [5.41, 5.74) is 3.20. The first-order chi connectivity index (χ1) is 7.65. The van der Waals surface area contributed by atoms with Gasteiger partial charge in [-0.15, -0.1) is 0 Å². The molecule has 0 amide bonds. The van der Waals surface area contributed by atoms with Crippen LogP contribution < -0.4 is 5.32 Å². The minimum atomic E-state index is 0.666. The van der Waals surface area contributed by atoms with Crippen molar-refractivity contribution in [1.29, 1.82) is 0 Å². The van der Waals surface area contributed by atoms with Crippen molar-refractivity contribution in [3.63, 3.8) is 0 Å². The van der Waals surface area contributed by atoms with Gasteiger partial charge in [0.25, 0.3) is 0 Å². The van der Waals surface area contributed by atoms with Gasteiger partial charge in [0.15, 0.2) is 0 Å². The van der Waals surface area contributed by atoms with Crippen LogP contribution in [0.3, 0.4) is 0 Å². The fourth-order valence-corrected chi connectivity index (χ4v) is 2.08. The van der Waals surface area contributed by atoms with E-state index in [4.69, 9.17) is 4.52 Å². The molecule has 0 aliphatic heterocycles. The summed E-state index contributed by atoms with van der Waals surface area (Å²) in [7, 11) is 0. The molecule has 0 saturated heterocycles. The van der Waals surface area contributed by atoms with Crippen LogP contribution in [-0.4, -0.2) is 5.16 Å². The van der Waals surface area contributed by atoms with Crippen LogP contribution in [0.25, 0.3) is 0 Å². The number of aromatic nitrogens is 1. The Bertz CT molecular complexity index is 494. The summed E-state index contributed by atoms with van der Waals surface area (Å²) in [6.45, 7) is 4.62. The van der Waals surface area contributed by atoms with Crippen molar-refractivity contribution in [3.8, 4) is 0 Å². The number of halogens is 1. The molecule has 0 atom stereocenters. The summed E-state index contributed by atoms with van der Waals surface area (Å²) in [6.07, 6.45) is 0. The van der Waals surface area contributed by atoms with Gasteiger partial charge in [0.2, 0.25) is 0 Å². The van der Waals surface area contributed by atoms with E-state index in [9.17, 15) is 0 Å². The van der Waals surface area contributed by atoms with Crippen molar-refractivity contribution in [3.05, 3.63) is 45.8 Å². The first-order valence-electron chi connectivity index (χ1n) is 5.07. The van der Waals surface area contributed by atoms with Gasteiger partial charge in [0, 0.05) is 16.2 Å². The number of hydrogen-bond donors (Lipinski definition) is 1. The van der Waals surface area contributed by atoms with Crippen molar-refractivity contribution in [2.24, 2.45) is 0 Å². The Morgan fingerprint density at radius 3 is 2.75 bits per heavy atom. The maximum absolute atomic E-state index is 5.00. The summed E-state index contributed by atoms with van der Waals surface area (Å²) < 4.78 is 6.06.